The van der Waals surface area contributed by atoms with Crippen LogP contribution in [0.4, 0.5) is 0 Å². The van der Waals surface area contributed by atoms with Gasteiger partial charge >= 0.3 is 0 Å². The monoisotopic (exact) mass is 247 g/mol. The zero-order valence-corrected chi connectivity index (χ0v) is 10.5. The van der Waals surface area contributed by atoms with Crippen LogP contribution >= 0.6 is 0 Å². The lowest BCUT2D eigenvalue weighted by Gasteiger charge is -2.32. The zero-order valence-electron chi connectivity index (χ0n) is 10.5. The topological polar surface area (TPSA) is 38.8 Å². The second kappa shape index (κ2) is 4.61. The van der Waals surface area contributed by atoms with E-state index < -0.39 is 0 Å². The Bertz CT molecular complexity index is 435. The van der Waals surface area contributed by atoms with E-state index in [1.807, 2.05) is 36.1 Å². The van der Waals surface area contributed by atoms with Gasteiger partial charge in [-0.1, -0.05) is 18.2 Å². The summed E-state index contributed by atoms with van der Waals surface area (Å²) in [4.78, 5) is 14.2. The molecule has 96 valence electrons. The third-order valence-corrected chi connectivity index (χ3v) is 3.48. The highest BCUT2D eigenvalue weighted by molar-refractivity contribution is 5.82. The van der Waals surface area contributed by atoms with E-state index in [4.69, 9.17) is 9.47 Å². The standard InChI is InChI=1S/C14H17NO3/c1-10-9-15(6-7-17-10)14(16)13-8-11-4-2-3-5-12(11)18-13/h2-5,10,13H,6-9H2,1H3. The van der Waals surface area contributed by atoms with Crippen molar-refractivity contribution in [2.75, 3.05) is 19.7 Å². The Morgan fingerprint density at radius 2 is 2.22 bits per heavy atom. The SMILES string of the molecule is CC1CN(C(=O)C2Cc3ccccc3O2)CCO1. The summed E-state index contributed by atoms with van der Waals surface area (Å²) in [5.74, 6) is 0.929. The number of fused-ring (bicyclic) bond motifs is 1. The fourth-order valence-electron chi connectivity index (χ4n) is 2.54. The van der Waals surface area contributed by atoms with Crippen LogP contribution in [0.25, 0.3) is 0 Å². The van der Waals surface area contributed by atoms with Crippen LogP contribution in [-0.4, -0.2) is 42.7 Å². The fraction of sp³-hybridized carbons (Fsp3) is 0.500. The maximum atomic E-state index is 12.4. The lowest BCUT2D eigenvalue weighted by molar-refractivity contribution is -0.144. The summed E-state index contributed by atoms with van der Waals surface area (Å²) in [7, 11) is 0. The molecular weight excluding hydrogens is 230 g/mol. The summed E-state index contributed by atoms with van der Waals surface area (Å²) >= 11 is 0. The molecule has 2 heterocycles. The Morgan fingerprint density at radius 1 is 1.39 bits per heavy atom. The first-order valence-corrected chi connectivity index (χ1v) is 6.39. The maximum Gasteiger partial charge on any atom is 0.264 e. The van der Waals surface area contributed by atoms with Gasteiger partial charge < -0.3 is 14.4 Å². The van der Waals surface area contributed by atoms with Gasteiger partial charge in [0.15, 0.2) is 6.10 Å². The molecule has 2 unspecified atom stereocenters. The van der Waals surface area contributed by atoms with E-state index in [2.05, 4.69) is 0 Å². The van der Waals surface area contributed by atoms with Crippen molar-refractivity contribution in [3.05, 3.63) is 29.8 Å². The molecule has 1 saturated heterocycles. The van der Waals surface area contributed by atoms with Crippen LogP contribution in [0.2, 0.25) is 0 Å². The summed E-state index contributed by atoms with van der Waals surface area (Å²) in [6, 6.07) is 7.85. The molecule has 2 aliphatic rings. The van der Waals surface area contributed by atoms with E-state index in [1.165, 1.54) is 0 Å². The lowest BCUT2D eigenvalue weighted by atomic mass is 10.1. The van der Waals surface area contributed by atoms with E-state index in [-0.39, 0.29) is 18.1 Å². The van der Waals surface area contributed by atoms with Crippen LogP contribution in [0.3, 0.4) is 0 Å². The van der Waals surface area contributed by atoms with Crippen LogP contribution in [0.15, 0.2) is 24.3 Å². The van der Waals surface area contributed by atoms with Gasteiger partial charge in [0, 0.05) is 19.5 Å². The van der Waals surface area contributed by atoms with Crippen LogP contribution in [0.1, 0.15) is 12.5 Å². The Balaban J connectivity index is 1.68. The number of hydrogen-bond donors (Lipinski definition) is 0. The first kappa shape index (κ1) is 11.5. The van der Waals surface area contributed by atoms with Crippen molar-refractivity contribution in [3.63, 3.8) is 0 Å². The second-order valence-electron chi connectivity index (χ2n) is 4.88. The van der Waals surface area contributed by atoms with E-state index in [0.717, 1.165) is 11.3 Å². The van der Waals surface area contributed by atoms with Crippen molar-refractivity contribution >= 4 is 5.91 Å². The first-order valence-electron chi connectivity index (χ1n) is 6.39. The summed E-state index contributed by atoms with van der Waals surface area (Å²) in [5, 5.41) is 0. The minimum Gasteiger partial charge on any atom is -0.480 e. The highest BCUT2D eigenvalue weighted by atomic mass is 16.5. The van der Waals surface area contributed by atoms with Gasteiger partial charge in [-0.25, -0.2) is 0 Å². The highest BCUT2D eigenvalue weighted by Crippen LogP contribution is 2.29. The molecule has 2 atom stereocenters. The maximum absolute atomic E-state index is 12.4. The van der Waals surface area contributed by atoms with Gasteiger partial charge in [0.05, 0.1) is 12.7 Å². The quantitative estimate of drug-likeness (QED) is 0.749. The number of benzene rings is 1. The van der Waals surface area contributed by atoms with Gasteiger partial charge in [0.25, 0.3) is 5.91 Å². The Hall–Kier alpha value is -1.55. The Morgan fingerprint density at radius 3 is 3.00 bits per heavy atom. The molecule has 0 N–H and O–H groups in total. The number of carbonyl (C=O) groups is 1. The average molecular weight is 247 g/mol. The van der Waals surface area contributed by atoms with E-state index in [0.29, 0.717) is 26.1 Å². The molecule has 0 saturated carbocycles. The summed E-state index contributed by atoms with van der Waals surface area (Å²) < 4.78 is 11.2. The number of nitrogens with zero attached hydrogens (tertiary/aromatic N) is 1. The number of rotatable bonds is 1. The lowest BCUT2D eigenvalue weighted by Crippen LogP contribution is -2.49. The molecule has 3 rings (SSSR count). The number of morpholine rings is 1. The van der Waals surface area contributed by atoms with Gasteiger partial charge in [-0.15, -0.1) is 0 Å². The molecule has 4 nitrogen and oxygen atoms in total. The fourth-order valence-corrected chi connectivity index (χ4v) is 2.54. The molecule has 2 aliphatic heterocycles. The molecule has 1 fully saturated rings. The summed E-state index contributed by atoms with van der Waals surface area (Å²) in [6.07, 6.45) is 0.444. The molecule has 4 heteroatoms. The number of hydrogen-bond acceptors (Lipinski definition) is 3. The molecule has 1 aromatic carbocycles. The summed E-state index contributed by atoms with van der Waals surface area (Å²) in [5.41, 5.74) is 1.12. The number of para-hydroxylation sites is 1. The highest BCUT2D eigenvalue weighted by Gasteiger charge is 2.33. The van der Waals surface area contributed by atoms with Crippen molar-refractivity contribution in [2.45, 2.75) is 25.6 Å². The molecule has 18 heavy (non-hydrogen) atoms. The van der Waals surface area contributed by atoms with Gasteiger partial charge in [-0.2, -0.15) is 0 Å². The first-order chi connectivity index (χ1) is 8.74. The third-order valence-electron chi connectivity index (χ3n) is 3.48. The molecular formula is C14H17NO3. The molecule has 1 amide bonds. The number of amides is 1. The molecule has 0 spiro atoms. The smallest absolute Gasteiger partial charge is 0.264 e. The number of ether oxygens (including phenoxy) is 2. The van der Waals surface area contributed by atoms with Crippen LogP contribution in [0, 0.1) is 0 Å². The molecule has 0 bridgehead atoms. The van der Waals surface area contributed by atoms with Gasteiger partial charge in [-0.3, -0.25) is 4.79 Å². The van der Waals surface area contributed by atoms with E-state index in [1.54, 1.807) is 0 Å². The van der Waals surface area contributed by atoms with Crippen LogP contribution in [0.5, 0.6) is 5.75 Å². The Labute approximate surface area is 106 Å². The molecule has 0 aliphatic carbocycles. The Kier molecular flexibility index (Phi) is 2.96. The van der Waals surface area contributed by atoms with Crippen molar-refractivity contribution < 1.29 is 14.3 Å². The van der Waals surface area contributed by atoms with Crippen LogP contribution in [-0.2, 0) is 16.0 Å². The number of carbonyl (C=O) groups excluding carboxylic acids is 1. The van der Waals surface area contributed by atoms with Crippen molar-refractivity contribution in [1.82, 2.24) is 4.90 Å². The van der Waals surface area contributed by atoms with Crippen molar-refractivity contribution in [2.24, 2.45) is 0 Å². The third kappa shape index (κ3) is 2.08. The predicted octanol–water partition coefficient (Wildman–Crippen LogP) is 1.24. The average Bonchev–Trinajstić information content (AvgIpc) is 2.81. The van der Waals surface area contributed by atoms with Gasteiger partial charge in [0.1, 0.15) is 5.75 Å². The molecule has 1 aromatic rings. The summed E-state index contributed by atoms with van der Waals surface area (Å²) in [6.45, 7) is 3.94. The molecule has 0 aromatic heterocycles. The predicted molar refractivity (Wildman–Crippen MR) is 66.6 cm³/mol. The molecule has 0 radical (unpaired) electrons. The minimum atomic E-state index is -0.354. The van der Waals surface area contributed by atoms with Crippen molar-refractivity contribution in [1.29, 1.82) is 0 Å². The van der Waals surface area contributed by atoms with Crippen LogP contribution < -0.4 is 4.74 Å². The van der Waals surface area contributed by atoms with Gasteiger partial charge in [-0.05, 0) is 18.6 Å². The normalized spacial score (nSPS) is 26.6. The van der Waals surface area contributed by atoms with Crippen molar-refractivity contribution in [3.8, 4) is 5.75 Å². The van der Waals surface area contributed by atoms with E-state index >= 15 is 0 Å². The van der Waals surface area contributed by atoms with E-state index in [9.17, 15) is 4.79 Å². The van der Waals surface area contributed by atoms with Gasteiger partial charge in [0.2, 0.25) is 0 Å². The second-order valence-corrected chi connectivity index (χ2v) is 4.88. The minimum absolute atomic E-state index is 0.0846. The largest absolute Gasteiger partial charge is 0.480 e. The zero-order chi connectivity index (χ0) is 12.5.